The molecule has 0 aliphatic rings. The summed E-state index contributed by atoms with van der Waals surface area (Å²) in [6, 6.07) is 9.26. The number of halogens is 2. The first-order valence-electron chi connectivity index (χ1n) is 5.00. The van der Waals surface area contributed by atoms with Gasteiger partial charge in [-0.2, -0.15) is 19.1 Å². The predicted octanol–water partition coefficient (Wildman–Crippen LogP) is 3.01. The van der Waals surface area contributed by atoms with Gasteiger partial charge in [0.15, 0.2) is 0 Å². The SMILES string of the molecule is N#CCc1ccccc1-c1cnn(C(F)F)c1. The van der Waals surface area contributed by atoms with Gasteiger partial charge >= 0.3 is 6.55 Å². The standard InChI is InChI=1S/C12H9F2N3/c13-12(14)17-8-10(7-16-17)11-4-2-1-3-9(11)5-6-15/h1-4,7-8,12H,5H2. The molecule has 2 aromatic rings. The van der Waals surface area contributed by atoms with Crippen molar-refractivity contribution in [3.05, 3.63) is 42.2 Å². The largest absolute Gasteiger partial charge is 0.333 e. The van der Waals surface area contributed by atoms with Crippen molar-refractivity contribution in [3.63, 3.8) is 0 Å². The molecule has 2 rings (SSSR count). The zero-order valence-electron chi connectivity index (χ0n) is 8.85. The van der Waals surface area contributed by atoms with Gasteiger partial charge in [0.2, 0.25) is 0 Å². The number of benzene rings is 1. The zero-order valence-corrected chi connectivity index (χ0v) is 8.85. The van der Waals surface area contributed by atoms with Crippen LogP contribution in [0.2, 0.25) is 0 Å². The van der Waals surface area contributed by atoms with Crippen LogP contribution in [0.3, 0.4) is 0 Å². The van der Waals surface area contributed by atoms with Crippen LogP contribution in [0.25, 0.3) is 11.1 Å². The van der Waals surface area contributed by atoms with E-state index in [-0.39, 0.29) is 6.42 Å². The highest BCUT2D eigenvalue weighted by Gasteiger charge is 2.10. The molecule has 3 nitrogen and oxygen atoms in total. The second-order valence-corrected chi connectivity index (χ2v) is 3.48. The number of hydrogen-bond donors (Lipinski definition) is 0. The molecule has 0 aliphatic heterocycles. The second kappa shape index (κ2) is 4.74. The summed E-state index contributed by atoms with van der Waals surface area (Å²) < 4.78 is 25.4. The van der Waals surface area contributed by atoms with Gasteiger partial charge < -0.3 is 0 Å². The van der Waals surface area contributed by atoms with E-state index in [1.54, 1.807) is 18.2 Å². The third-order valence-corrected chi connectivity index (χ3v) is 2.40. The van der Waals surface area contributed by atoms with Crippen molar-refractivity contribution < 1.29 is 8.78 Å². The van der Waals surface area contributed by atoms with E-state index in [0.717, 1.165) is 11.1 Å². The Hall–Kier alpha value is -2.22. The van der Waals surface area contributed by atoms with Crippen molar-refractivity contribution in [2.75, 3.05) is 0 Å². The normalized spacial score (nSPS) is 10.5. The lowest BCUT2D eigenvalue weighted by molar-refractivity contribution is 0.0566. The first kappa shape index (κ1) is 11.3. The molecule has 0 radical (unpaired) electrons. The van der Waals surface area contributed by atoms with Gasteiger partial charge in [0, 0.05) is 11.8 Å². The average Bonchev–Trinajstić information content (AvgIpc) is 2.79. The zero-order chi connectivity index (χ0) is 12.3. The van der Waals surface area contributed by atoms with Gasteiger partial charge in [0.05, 0.1) is 18.7 Å². The number of nitriles is 1. The molecule has 1 heterocycles. The molecular weight excluding hydrogens is 224 g/mol. The maximum Gasteiger partial charge on any atom is 0.333 e. The Morgan fingerprint density at radius 3 is 2.76 bits per heavy atom. The van der Waals surface area contributed by atoms with Crippen LogP contribution in [0.4, 0.5) is 8.78 Å². The lowest BCUT2D eigenvalue weighted by Gasteiger charge is -2.03. The van der Waals surface area contributed by atoms with Crippen LogP contribution >= 0.6 is 0 Å². The second-order valence-electron chi connectivity index (χ2n) is 3.48. The van der Waals surface area contributed by atoms with Gasteiger partial charge in [0.1, 0.15) is 0 Å². The summed E-state index contributed by atoms with van der Waals surface area (Å²) >= 11 is 0. The first-order chi connectivity index (χ1) is 8.22. The number of hydrogen-bond acceptors (Lipinski definition) is 2. The van der Waals surface area contributed by atoms with E-state index in [9.17, 15) is 8.78 Å². The number of rotatable bonds is 3. The van der Waals surface area contributed by atoms with Gasteiger partial charge in [-0.1, -0.05) is 24.3 Å². The molecule has 1 aromatic heterocycles. The van der Waals surface area contributed by atoms with E-state index in [1.807, 2.05) is 12.1 Å². The summed E-state index contributed by atoms with van der Waals surface area (Å²) in [6.07, 6.45) is 2.90. The fraction of sp³-hybridized carbons (Fsp3) is 0.167. The Kier molecular flexibility index (Phi) is 3.15. The summed E-state index contributed by atoms with van der Waals surface area (Å²) in [4.78, 5) is 0. The lowest BCUT2D eigenvalue weighted by Crippen LogP contribution is -1.96. The van der Waals surface area contributed by atoms with E-state index < -0.39 is 6.55 Å². The van der Waals surface area contributed by atoms with Crippen LogP contribution in [0.5, 0.6) is 0 Å². The Morgan fingerprint density at radius 1 is 1.35 bits per heavy atom. The summed E-state index contributed by atoms with van der Waals surface area (Å²) in [5.74, 6) is 0. The summed E-state index contributed by atoms with van der Waals surface area (Å²) in [5, 5.41) is 12.3. The minimum atomic E-state index is -2.65. The molecule has 1 aromatic carbocycles. The number of alkyl halides is 2. The number of nitrogens with zero attached hydrogens (tertiary/aromatic N) is 3. The van der Waals surface area contributed by atoms with Gasteiger partial charge in [-0.15, -0.1) is 0 Å². The van der Waals surface area contributed by atoms with Crippen molar-refractivity contribution in [3.8, 4) is 17.2 Å². The highest BCUT2D eigenvalue weighted by molar-refractivity contribution is 5.66. The molecule has 0 spiro atoms. The Bertz CT molecular complexity index is 555. The highest BCUT2D eigenvalue weighted by atomic mass is 19.3. The van der Waals surface area contributed by atoms with Gasteiger partial charge in [-0.05, 0) is 11.1 Å². The van der Waals surface area contributed by atoms with Crippen molar-refractivity contribution in [2.45, 2.75) is 13.0 Å². The molecule has 0 unspecified atom stereocenters. The van der Waals surface area contributed by atoms with E-state index in [2.05, 4.69) is 5.10 Å². The van der Waals surface area contributed by atoms with Gasteiger partial charge in [-0.25, -0.2) is 4.68 Å². The number of aromatic nitrogens is 2. The van der Waals surface area contributed by atoms with Crippen LogP contribution in [-0.4, -0.2) is 9.78 Å². The molecule has 0 N–H and O–H groups in total. The first-order valence-corrected chi connectivity index (χ1v) is 5.00. The van der Waals surface area contributed by atoms with Crippen molar-refractivity contribution in [2.24, 2.45) is 0 Å². The maximum absolute atomic E-state index is 12.4. The molecule has 0 aliphatic carbocycles. The molecule has 0 atom stereocenters. The smallest absolute Gasteiger partial charge is 0.211 e. The highest BCUT2D eigenvalue weighted by Crippen LogP contribution is 2.24. The summed E-state index contributed by atoms with van der Waals surface area (Å²) in [7, 11) is 0. The van der Waals surface area contributed by atoms with E-state index in [4.69, 9.17) is 5.26 Å². The van der Waals surface area contributed by atoms with Crippen LogP contribution in [0.1, 0.15) is 12.1 Å². The molecular formula is C12H9F2N3. The molecule has 0 saturated heterocycles. The van der Waals surface area contributed by atoms with E-state index in [1.165, 1.54) is 12.4 Å². The molecule has 5 heteroatoms. The van der Waals surface area contributed by atoms with E-state index in [0.29, 0.717) is 10.2 Å². The minimum absolute atomic E-state index is 0.246. The Morgan fingerprint density at radius 2 is 2.12 bits per heavy atom. The van der Waals surface area contributed by atoms with Crippen molar-refractivity contribution in [1.29, 1.82) is 5.26 Å². The fourth-order valence-corrected chi connectivity index (χ4v) is 1.63. The molecule has 0 fully saturated rings. The van der Waals surface area contributed by atoms with Crippen LogP contribution in [0, 0.1) is 11.3 Å². The molecule has 0 saturated carbocycles. The third-order valence-electron chi connectivity index (χ3n) is 2.40. The molecule has 17 heavy (non-hydrogen) atoms. The van der Waals surface area contributed by atoms with Crippen LogP contribution < -0.4 is 0 Å². The van der Waals surface area contributed by atoms with E-state index >= 15 is 0 Å². The lowest BCUT2D eigenvalue weighted by atomic mass is 10.0. The molecule has 0 amide bonds. The van der Waals surface area contributed by atoms with Gasteiger partial charge in [-0.3, -0.25) is 0 Å². The molecule has 86 valence electrons. The minimum Gasteiger partial charge on any atom is -0.211 e. The van der Waals surface area contributed by atoms with Crippen molar-refractivity contribution >= 4 is 0 Å². The third kappa shape index (κ3) is 2.31. The Labute approximate surface area is 96.9 Å². The topological polar surface area (TPSA) is 41.6 Å². The quantitative estimate of drug-likeness (QED) is 0.817. The monoisotopic (exact) mass is 233 g/mol. The summed E-state index contributed by atoms with van der Waals surface area (Å²) in [6.45, 7) is -2.65. The Balaban J connectivity index is 2.42. The fourth-order valence-electron chi connectivity index (χ4n) is 1.63. The predicted molar refractivity (Wildman–Crippen MR) is 58.2 cm³/mol. The van der Waals surface area contributed by atoms with Gasteiger partial charge in [0.25, 0.3) is 0 Å². The van der Waals surface area contributed by atoms with Crippen LogP contribution in [0.15, 0.2) is 36.7 Å². The molecule has 0 bridgehead atoms. The van der Waals surface area contributed by atoms with Crippen molar-refractivity contribution in [1.82, 2.24) is 9.78 Å². The average molecular weight is 233 g/mol. The maximum atomic E-state index is 12.4. The summed E-state index contributed by atoms with van der Waals surface area (Å²) in [5.41, 5.74) is 2.17. The van der Waals surface area contributed by atoms with Crippen LogP contribution in [-0.2, 0) is 6.42 Å².